The van der Waals surface area contributed by atoms with E-state index in [9.17, 15) is 13.8 Å². The molecule has 33 heavy (non-hydrogen) atoms. The Labute approximate surface area is 196 Å². The van der Waals surface area contributed by atoms with Crippen molar-refractivity contribution in [1.29, 1.82) is 0 Å². The summed E-state index contributed by atoms with van der Waals surface area (Å²) in [6, 6.07) is 20.9. The Bertz CT molecular complexity index is 1290. The molecule has 0 spiro atoms. The van der Waals surface area contributed by atoms with Crippen molar-refractivity contribution < 1.29 is 18.5 Å². The third-order valence-corrected chi connectivity index (χ3v) is 9.50. The average molecular weight is 462 g/mol. The molecular weight excluding hydrogens is 434 g/mol. The highest BCUT2D eigenvalue weighted by atomic mass is 32.2. The second-order valence-electron chi connectivity index (χ2n) is 9.27. The molecular formula is C27H27NO4S. The van der Waals surface area contributed by atoms with Gasteiger partial charge in [0.25, 0.3) is 0 Å². The largest absolute Gasteiger partial charge is 0.468 e. The van der Waals surface area contributed by atoms with Gasteiger partial charge in [0.2, 0.25) is 0 Å². The van der Waals surface area contributed by atoms with E-state index >= 15 is 0 Å². The molecule has 5 atom stereocenters. The van der Waals surface area contributed by atoms with Crippen molar-refractivity contribution in [3.63, 3.8) is 0 Å². The Morgan fingerprint density at radius 2 is 1.76 bits per heavy atom. The Morgan fingerprint density at radius 1 is 1.06 bits per heavy atom. The molecule has 2 fully saturated rings. The van der Waals surface area contributed by atoms with Crippen LogP contribution in [-0.4, -0.2) is 33.4 Å². The Kier molecular flexibility index (Phi) is 5.26. The number of fused-ring (bicyclic) bond motifs is 2. The van der Waals surface area contributed by atoms with E-state index in [1.165, 1.54) is 7.11 Å². The molecule has 1 aliphatic heterocycles. The number of methoxy groups -OCH3 is 1. The summed E-state index contributed by atoms with van der Waals surface area (Å²) in [5.41, 5.74) is 0.775. The lowest BCUT2D eigenvalue weighted by Crippen LogP contribution is -2.52. The van der Waals surface area contributed by atoms with Gasteiger partial charge in [-0.15, -0.1) is 0 Å². The van der Waals surface area contributed by atoms with Gasteiger partial charge in [0.15, 0.2) is 5.78 Å². The minimum Gasteiger partial charge on any atom is -0.468 e. The number of hydrogen-bond acceptors (Lipinski definition) is 5. The number of ketones is 1. The molecule has 170 valence electrons. The van der Waals surface area contributed by atoms with Gasteiger partial charge in [-0.1, -0.05) is 54.1 Å². The topological polar surface area (TPSA) is 72.5 Å². The number of Topliss-reactive ketones (excluding diaryl/α,β-unsaturated/α-hetero) is 1. The molecule has 1 aliphatic carbocycles. The van der Waals surface area contributed by atoms with Crippen LogP contribution in [0.1, 0.15) is 36.9 Å². The number of ether oxygens (including phenoxy) is 1. The minimum atomic E-state index is -1.67. The normalized spacial score (nSPS) is 29.7. The van der Waals surface area contributed by atoms with Crippen LogP contribution in [0.4, 0.5) is 0 Å². The molecule has 0 radical (unpaired) electrons. The van der Waals surface area contributed by atoms with Gasteiger partial charge in [0.05, 0.1) is 24.0 Å². The minimum absolute atomic E-state index is 0.0651. The van der Waals surface area contributed by atoms with Crippen molar-refractivity contribution in [2.24, 2.45) is 5.92 Å². The predicted molar refractivity (Wildman–Crippen MR) is 128 cm³/mol. The van der Waals surface area contributed by atoms with E-state index in [0.717, 1.165) is 21.9 Å². The maximum Gasteiger partial charge on any atom is 0.326 e. The highest BCUT2D eigenvalue weighted by molar-refractivity contribution is 7.87. The molecule has 6 heteroatoms. The van der Waals surface area contributed by atoms with Crippen LogP contribution in [0.3, 0.4) is 0 Å². The zero-order valence-electron chi connectivity index (χ0n) is 19.0. The van der Waals surface area contributed by atoms with E-state index in [1.807, 2.05) is 73.7 Å². The molecule has 1 N–H and O–H groups in total. The fraction of sp³-hybridized carbons (Fsp3) is 0.333. The summed E-state index contributed by atoms with van der Waals surface area (Å²) >= 11 is 0. The maximum atomic E-state index is 14.3. The highest BCUT2D eigenvalue weighted by Crippen LogP contribution is 2.57. The number of benzene rings is 3. The van der Waals surface area contributed by atoms with E-state index in [2.05, 4.69) is 5.32 Å². The summed E-state index contributed by atoms with van der Waals surface area (Å²) in [6.45, 7) is 3.75. The van der Waals surface area contributed by atoms with Gasteiger partial charge in [-0.05, 0) is 54.8 Å². The van der Waals surface area contributed by atoms with Crippen LogP contribution < -0.4 is 5.32 Å². The van der Waals surface area contributed by atoms with Crippen molar-refractivity contribution in [3.8, 4) is 0 Å². The molecule has 1 saturated heterocycles. The smallest absolute Gasteiger partial charge is 0.326 e. The Hall–Kier alpha value is -2.83. The molecule has 0 amide bonds. The van der Waals surface area contributed by atoms with Crippen molar-refractivity contribution >= 4 is 33.3 Å². The lowest BCUT2D eigenvalue weighted by atomic mass is 9.80. The SMILES string of the molecule is COC(=O)[C@@]1(C)N[C@@H](c2ccc3ccccc3c2)[C@@]2(S(=O)c3ccc(C)cc3)C(=O)CC[C@H]21. The Morgan fingerprint density at radius 3 is 2.45 bits per heavy atom. The van der Waals surface area contributed by atoms with Crippen LogP contribution in [-0.2, 0) is 25.1 Å². The van der Waals surface area contributed by atoms with E-state index in [0.29, 0.717) is 17.7 Å². The summed E-state index contributed by atoms with van der Waals surface area (Å²) in [4.78, 5) is 27.3. The fourth-order valence-electron chi connectivity index (χ4n) is 5.79. The van der Waals surface area contributed by atoms with Gasteiger partial charge in [-0.25, -0.2) is 0 Å². The van der Waals surface area contributed by atoms with Gasteiger partial charge in [0.1, 0.15) is 10.3 Å². The predicted octanol–water partition coefficient (Wildman–Crippen LogP) is 4.25. The summed E-state index contributed by atoms with van der Waals surface area (Å²) in [6.07, 6.45) is 0.778. The second-order valence-corrected chi connectivity index (χ2v) is 11.0. The molecule has 5 rings (SSSR count). The number of aryl methyl sites for hydroxylation is 1. The third kappa shape index (κ3) is 3.11. The van der Waals surface area contributed by atoms with Gasteiger partial charge >= 0.3 is 5.97 Å². The van der Waals surface area contributed by atoms with Crippen molar-refractivity contribution in [1.82, 2.24) is 5.32 Å². The van der Waals surface area contributed by atoms with Gasteiger partial charge < -0.3 is 4.74 Å². The van der Waals surface area contributed by atoms with Crippen LogP contribution >= 0.6 is 0 Å². The third-order valence-electron chi connectivity index (χ3n) is 7.44. The second kappa shape index (κ2) is 7.89. The van der Waals surface area contributed by atoms with E-state index in [-0.39, 0.29) is 5.78 Å². The van der Waals surface area contributed by atoms with Gasteiger partial charge in [-0.3, -0.25) is 19.1 Å². The molecule has 1 unspecified atom stereocenters. The number of nitrogens with one attached hydrogen (secondary N) is 1. The maximum absolute atomic E-state index is 14.3. The zero-order chi connectivity index (χ0) is 23.4. The van der Waals surface area contributed by atoms with E-state index in [4.69, 9.17) is 4.74 Å². The number of carbonyl (C=O) groups excluding carboxylic acids is 2. The first-order chi connectivity index (χ1) is 15.8. The monoisotopic (exact) mass is 461 g/mol. The molecule has 1 saturated carbocycles. The quantitative estimate of drug-likeness (QED) is 0.588. The molecule has 0 aromatic heterocycles. The van der Waals surface area contributed by atoms with Gasteiger partial charge in [0, 0.05) is 17.2 Å². The van der Waals surface area contributed by atoms with Crippen LogP contribution in [0.15, 0.2) is 71.6 Å². The van der Waals surface area contributed by atoms with Crippen molar-refractivity contribution in [2.45, 2.75) is 47.9 Å². The van der Waals surface area contributed by atoms with Crippen LogP contribution in [0.5, 0.6) is 0 Å². The van der Waals surface area contributed by atoms with Gasteiger partial charge in [-0.2, -0.15) is 0 Å². The fourth-order valence-corrected chi connectivity index (χ4v) is 7.90. The van der Waals surface area contributed by atoms with Crippen LogP contribution in [0.2, 0.25) is 0 Å². The number of hydrogen-bond donors (Lipinski definition) is 1. The average Bonchev–Trinajstić information content (AvgIpc) is 3.33. The lowest BCUT2D eigenvalue weighted by molar-refractivity contribution is -0.149. The number of esters is 1. The molecule has 5 nitrogen and oxygen atoms in total. The van der Waals surface area contributed by atoms with E-state index in [1.54, 1.807) is 6.92 Å². The first kappa shape index (κ1) is 22.0. The molecule has 0 bridgehead atoms. The summed E-state index contributed by atoms with van der Waals surface area (Å²) in [7, 11) is -0.317. The molecule has 2 aliphatic rings. The lowest BCUT2D eigenvalue weighted by Gasteiger charge is -2.34. The summed E-state index contributed by atoms with van der Waals surface area (Å²) < 4.78 is 18.2. The first-order valence-electron chi connectivity index (χ1n) is 11.2. The molecule has 3 aromatic rings. The Balaban J connectivity index is 1.74. The number of rotatable bonds is 4. The molecule has 3 aromatic carbocycles. The summed E-state index contributed by atoms with van der Waals surface area (Å²) in [5.74, 6) is -0.955. The first-order valence-corrected chi connectivity index (χ1v) is 12.3. The molecule has 1 heterocycles. The van der Waals surface area contributed by atoms with Crippen LogP contribution in [0, 0.1) is 12.8 Å². The number of carbonyl (C=O) groups is 2. The van der Waals surface area contributed by atoms with Crippen LogP contribution in [0.25, 0.3) is 10.8 Å². The highest BCUT2D eigenvalue weighted by Gasteiger charge is 2.72. The van der Waals surface area contributed by atoms with E-state index < -0.39 is 39.0 Å². The van der Waals surface area contributed by atoms with Crippen molar-refractivity contribution in [3.05, 3.63) is 77.9 Å². The summed E-state index contributed by atoms with van der Waals surface area (Å²) in [5, 5.41) is 5.56. The zero-order valence-corrected chi connectivity index (χ0v) is 19.8. The standard InChI is InChI=1S/C27H27NO4S/c1-17-8-12-21(13-9-17)33(31)27-22(14-15-23(27)29)26(2,25(30)32-3)28-24(27)20-11-10-18-6-4-5-7-19(18)16-20/h4-13,16,22,24,28H,14-15H2,1-3H3/t22-,24-,26-,27-,33?/m0/s1. The van der Waals surface area contributed by atoms with Crippen molar-refractivity contribution in [2.75, 3.05) is 7.11 Å².